The normalized spacial score (nSPS) is 13.0. The van der Waals surface area contributed by atoms with E-state index < -0.39 is 11.6 Å². The molecule has 0 heterocycles. The van der Waals surface area contributed by atoms with Crippen molar-refractivity contribution < 1.29 is 8.78 Å². The minimum Gasteiger partial charge on any atom is -0.316 e. The first-order valence-corrected chi connectivity index (χ1v) is 6.67. The molecule has 0 aliphatic carbocycles. The van der Waals surface area contributed by atoms with Crippen molar-refractivity contribution in [3.8, 4) is 0 Å². The highest BCUT2D eigenvalue weighted by molar-refractivity contribution is 5.19. The van der Waals surface area contributed by atoms with E-state index in [1.807, 2.05) is 0 Å². The Morgan fingerprint density at radius 1 is 1.17 bits per heavy atom. The summed E-state index contributed by atoms with van der Waals surface area (Å²) in [7, 11) is 0. The van der Waals surface area contributed by atoms with Gasteiger partial charge in [0.1, 0.15) is 11.6 Å². The molecule has 1 aromatic rings. The van der Waals surface area contributed by atoms with Gasteiger partial charge < -0.3 is 5.32 Å². The fraction of sp³-hybridized carbons (Fsp3) is 0.600. The van der Waals surface area contributed by atoms with Crippen LogP contribution in [0, 0.1) is 23.5 Å². The van der Waals surface area contributed by atoms with Gasteiger partial charge in [-0.05, 0) is 43.0 Å². The molecule has 0 amide bonds. The van der Waals surface area contributed by atoms with E-state index in [1.54, 1.807) is 6.07 Å². The fourth-order valence-corrected chi connectivity index (χ4v) is 1.94. The van der Waals surface area contributed by atoms with E-state index in [-0.39, 0.29) is 0 Å². The maximum Gasteiger partial charge on any atom is 0.129 e. The Labute approximate surface area is 109 Å². The SMILES string of the molecule is CCC(CNCC(C)C)Cc1ccc(F)cc1F. The Hall–Kier alpha value is -0.960. The van der Waals surface area contributed by atoms with Crippen LogP contribution in [0.15, 0.2) is 18.2 Å². The molecule has 0 saturated heterocycles. The van der Waals surface area contributed by atoms with Crippen molar-refractivity contribution in [1.29, 1.82) is 0 Å². The van der Waals surface area contributed by atoms with Crippen molar-refractivity contribution in [2.45, 2.75) is 33.6 Å². The number of hydrogen-bond donors (Lipinski definition) is 1. The molecular weight excluding hydrogens is 232 g/mol. The van der Waals surface area contributed by atoms with Gasteiger partial charge in [0.15, 0.2) is 0 Å². The van der Waals surface area contributed by atoms with E-state index in [2.05, 4.69) is 26.1 Å². The van der Waals surface area contributed by atoms with Crippen molar-refractivity contribution in [2.24, 2.45) is 11.8 Å². The van der Waals surface area contributed by atoms with Crippen LogP contribution < -0.4 is 5.32 Å². The second kappa shape index (κ2) is 7.47. The Bertz CT molecular complexity index is 364. The van der Waals surface area contributed by atoms with Gasteiger partial charge in [-0.25, -0.2) is 8.78 Å². The number of benzene rings is 1. The summed E-state index contributed by atoms with van der Waals surface area (Å²) >= 11 is 0. The van der Waals surface area contributed by atoms with E-state index in [4.69, 9.17) is 0 Å². The van der Waals surface area contributed by atoms with Crippen LogP contribution in [-0.4, -0.2) is 13.1 Å². The van der Waals surface area contributed by atoms with Gasteiger partial charge in [0.05, 0.1) is 0 Å². The Morgan fingerprint density at radius 2 is 1.89 bits per heavy atom. The van der Waals surface area contributed by atoms with Gasteiger partial charge in [-0.2, -0.15) is 0 Å². The Balaban J connectivity index is 2.51. The third-order valence-electron chi connectivity index (χ3n) is 3.09. The molecule has 1 aromatic carbocycles. The molecule has 1 unspecified atom stereocenters. The maximum absolute atomic E-state index is 13.5. The van der Waals surface area contributed by atoms with Crippen LogP contribution in [0.1, 0.15) is 32.8 Å². The number of rotatable bonds is 7. The molecule has 0 aliphatic heterocycles. The Morgan fingerprint density at radius 3 is 2.44 bits per heavy atom. The monoisotopic (exact) mass is 255 g/mol. The van der Waals surface area contributed by atoms with Gasteiger partial charge in [-0.15, -0.1) is 0 Å². The molecule has 0 saturated carbocycles. The van der Waals surface area contributed by atoms with E-state index in [1.165, 1.54) is 6.07 Å². The smallest absolute Gasteiger partial charge is 0.129 e. The standard InChI is InChI=1S/C15H23F2N/c1-4-12(10-18-9-11(2)3)7-13-5-6-14(16)8-15(13)17/h5-6,8,11-12,18H,4,7,9-10H2,1-3H3. The largest absolute Gasteiger partial charge is 0.316 e. The highest BCUT2D eigenvalue weighted by Gasteiger charge is 2.11. The van der Waals surface area contributed by atoms with Gasteiger partial charge in [0, 0.05) is 6.07 Å². The first-order valence-electron chi connectivity index (χ1n) is 6.67. The van der Waals surface area contributed by atoms with E-state index >= 15 is 0 Å². The topological polar surface area (TPSA) is 12.0 Å². The predicted octanol–water partition coefficient (Wildman–Crippen LogP) is 3.78. The molecule has 0 fully saturated rings. The van der Waals surface area contributed by atoms with Crippen molar-refractivity contribution in [3.63, 3.8) is 0 Å². The number of halogens is 2. The van der Waals surface area contributed by atoms with Gasteiger partial charge >= 0.3 is 0 Å². The zero-order valence-electron chi connectivity index (χ0n) is 11.5. The van der Waals surface area contributed by atoms with Gasteiger partial charge in [-0.3, -0.25) is 0 Å². The highest BCUT2D eigenvalue weighted by Crippen LogP contribution is 2.16. The molecule has 18 heavy (non-hydrogen) atoms. The summed E-state index contributed by atoms with van der Waals surface area (Å²) in [6.07, 6.45) is 1.65. The molecule has 0 spiro atoms. The lowest BCUT2D eigenvalue weighted by molar-refractivity contribution is 0.430. The van der Waals surface area contributed by atoms with Crippen LogP contribution in [0.5, 0.6) is 0 Å². The van der Waals surface area contributed by atoms with Crippen LogP contribution in [0.25, 0.3) is 0 Å². The van der Waals surface area contributed by atoms with Gasteiger partial charge in [-0.1, -0.05) is 33.3 Å². The zero-order chi connectivity index (χ0) is 13.5. The Kier molecular flexibility index (Phi) is 6.27. The summed E-state index contributed by atoms with van der Waals surface area (Å²) in [5, 5.41) is 3.39. The lowest BCUT2D eigenvalue weighted by Gasteiger charge is -2.17. The van der Waals surface area contributed by atoms with E-state index in [0.717, 1.165) is 25.6 Å². The van der Waals surface area contributed by atoms with Crippen molar-refractivity contribution in [1.82, 2.24) is 5.32 Å². The second-order valence-electron chi connectivity index (χ2n) is 5.27. The number of hydrogen-bond acceptors (Lipinski definition) is 1. The minimum atomic E-state index is -0.512. The summed E-state index contributed by atoms with van der Waals surface area (Å²) in [6.45, 7) is 8.28. The first kappa shape index (κ1) is 15.1. The molecule has 102 valence electrons. The molecule has 0 radical (unpaired) electrons. The summed E-state index contributed by atoms with van der Waals surface area (Å²) < 4.78 is 26.3. The lowest BCUT2D eigenvalue weighted by Crippen LogP contribution is -2.27. The van der Waals surface area contributed by atoms with Crippen LogP contribution in [0.3, 0.4) is 0 Å². The van der Waals surface area contributed by atoms with Crippen molar-refractivity contribution in [2.75, 3.05) is 13.1 Å². The maximum atomic E-state index is 13.5. The first-order chi connectivity index (χ1) is 8.52. The predicted molar refractivity (Wildman–Crippen MR) is 71.6 cm³/mol. The van der Waals surface area contributed by atoms with Crippen LogP contribution in [-0.2, 0) is 6.42 Å². The molecule has 1 rings (SSSR count). The third kappa shape index (κ3) is 5.13. The molecule has 1 N–H and O–H groups in total. The molecule has 1 atom stereocenters. The average Bonchev–Trinajstić information content (AvgIpc) is 2.30. The highest BCUT2D eigenvalue weighted by atomic mass is 19.1. The summed E-state index contributed by atoms with van der Waals surface area (Å²) in [6, 6.07) is 3.84. The molecule has 0 bridgehead atoms. The third-order valence-corrected chi connectivity index (χ3v) is 3.09. The zero-order valence-corrected chi connectivity index (χ0v) is 11.5. The van der Waals surface area contributed by atoms with Crippen LogP contribution in [0.2, 0.25) is 0 Å². The van der Waals surface area contributed by atoms with E-state index in [0.29, 0.717) is 23.8 Å². The molecule has 1 nitrogen and oxygen atoms in total. The molecule has 3 heteroatoms. The average molecular weight is 255 g/mol. The second-order valence-corrected chi connectivity index (χ2v) is 5.27. The van der Waals surface area contributed by atoms with Crippen LogP contribution in [0.4, 0.5) is 8.78 Å². The summed E-state index contributed by atoms with van der Waals surface area (Å²) in [4.78, 5) is 0. The van der Waals surface area contributed by atoms with Crippen LogP contribution >= 0.6 is 0 Å². The quantitative estimate of drug-likeness (QED) is 0.782. The van der Waals surface area contributed by atoms with Crippen molar-refractivity contribution in [3.05, 3.63) is 35.4 Å². The van der Waals surface area contributed by atoms with E-state index in [9.17, 15) is 8.78 Å². The van der Waals surface area contributed by atoms with Crippen molar-refractivity contribution >= 4 is 0 Å². The fourth-order valence-electron chi connectivity index (χ4n) is 1.94. The number of nitrogens with one attached hydrogen (secondary N) is 1. The summed E-state index contributed by atoms with van der Waals surface area (Å²) in [5.41, 5.74) is 0.606. The molecular formula is C15H23F2N. The minimum absolute atomic E-state index is 0.392. The van der Waals surface area contributed by atoms with Gasteiger partial charge in [0.2, 0.25) is 0 Å². The molecule has 0 aromatic heterocycles. The molecule has 0 aliphatic rings. The lowest BCUT2D eigenvalue weighted by atomic mass is 9.96. The van der Waals surface area contributed by atoms with Gasteiger partial charge in [0.25, 0.3) is 0 Å². The summed E-state index contributed by atoms with van der Waals surface area (Å²) in [5.74, 6) is 0.0633.